The van der Waals surface area contributed by atoms with E-state index in [0.29, 0.717) is 5.56 Å². The zero-order chi connectivity index (χ0) is 13.5. The molecule has 2 aromatic rings. The van der Waals surface area contributed by atoms with Crippen LogP contribution in [0, 0.1) is 0 Å². The molecule has 100 valence electrons. The van der Waals surface area contributed by atoms with Crippen molar-refractivity contribution in [1.29, 1.82) is 0 Å². The molecule has 0 aliphatic rings. The number of imidazole rings is 1. The lowest BCUT2D eigenvalue weighted by Gasteiger charge is -2.06. The largest absolute Gasteiger partial charge is 0.366 e. The summed E-state index contributed by atoms with van der Waals surface area (Å²) < 4.78 is 2.05. The molecule has 3 N–H and O–H groups in total. The Morgan fingerprint density at radius 2 is 2.32 bits per heavy atom. The lowest BCUT2D eigenvalue weighted by molar-refractivity contribution is 0.1000. The zero-order valence-corrected chi connectivity index (χ0v) is 10.7. The third kappa shape index (κ3) is 4.22. The maximum absolute atomic E-state index is 11.1. The van der Waals surface area contributed by atoms with E-state index in [2.05, 4.69) is 14.9 Å². The highest BCUT2D eigenvalue weighted by Gasteiger charge is 2.00. The first-order valence-corrected chi connectivity index (χ1v) is 6.31. The average molecular weight is 258 g/mol. The van der Waals surface area contributed by atoms with Gasteiger partial charge < -0.3 is 15.6 Å². The first-order valence-electron chi connectivity index (χ1n) is 6.31. The number of aromatic nitrogens is 2. The van der Waals surface area contributed by atoms with E-state index in [0.717, 1.165) is 31.6 Å². The molecule has 1 amide bonds. The number of carbonyl (C=O) groups is 1. The van der Waals surface area contributed by atoms with Crippen LogP contribution in [0.15, 0.2) is 43.0 Å². The van der Waals surface area contributed by atoms with Crippen molar-refractivity contribution in [3.63, 3.8) is 0 Å². The predicted octanol–water partition coefficient (Wildman–Crippen LogP) is 1.16. The molecule has 0 fully saturated rings. The van der Waals surface area contributed by atoms with Crippen molar-refractivity contribution in [2.45, 2.75) is 19.5 Å². The van der Waals surface area contributed by atoms with Gasteiger partial charge in [-0.2, -0.15) is 0 Å². The fraction of sp³-hybridized carbons (Fsp3) is 0.286. The predicted molar refractivity (Wildman–Crippen MR) is 73.5 cm³/mol. The summed E-state index contributed by atoms with van der Waals surface area (Å²) in [5, 5.41) is 3.34. The number of nitrogens with two attached hydrogens (primary N) is 1. The van der Waals surface area contributed by atoms with Gasteiger partial charge in [0.05, 0.1) is 6.33 Å². The van der Waals surface area contributed by atoms with Crippen LogP contribution in [0.2, 0.25) is 0 Å². The number of primary amides is 1. The molecule has 0 aliphatic heterocycles. The molecule has 0 saturated heterocycles. The highest BCUT2D eigenvalue weighted by atomic mass is 16.1. The second-order valence-electron chi connectivity index (χ2n) is 4.40. The summed E-state index contributed by atoms with van der Waals surface area (Å²) in [5.41, 5.74) is 6.87. The molecule has 5 heteroatoms. The fourth-order valence-electron chi connectivity index (χ4n) is 1.87. The van der Waals surface area contributed by atoms with Crippen LogP contribution in [0.25, 0.3) is 0 Å². The highest BCUT2D eigenvalue weighted by Crippen LogP contribution is 2.04. The third-order valence-corrected chi connectivity index (χ3v) is 2.87. The summed E-state index contributed by atoms with van der Waals surface area (Å²) in [6.07, 6.45) is 6.58. The number of nitrogens with zero attached hydrogens (tertiary/aromatic N) is 2. The average Bonchev–Trinajstić information content (AvgIpc) is 2.92. The van der Waals surface area contributed by atoms with Crippen LogP contribution in [0.1, 0.15) is 22.3 Å². The number of amides is 1. The van der Waals surface area contributed by atoms with Crippen LogP contribution in [-0.4, -0.2) is 22.0 Å². The Balaban J connectivity index is 1.70. The summed E-state index contributed by atoms with van der Waals surface area (Å²) in [6.45, 7) is 2.61. The van der Waals surface area contributed by atoms with Crippen molar-refractivity contribution in [1.82, 2.24) is 14.9 Å². The Labute approximate surface area is 112 Å². The van der Waals surface area contributed by atoms with Crippen molar-refractivity contribution in [2.24, 2.45) is 5.73 Å². The maximum atomic E-state index is 11.1. The van der Waals surface area contributed by atoms with Crippen LogP contribution in [0.4, 0.5) is 0 Å². The Morgan fingerprint density at radius 1 is 1.42 bits per heavy atom. The summed E-state index contributed by atoms with van der Waals surface area (Å²) >= 11 is 0. The van der Waals surface area contributed by atoms with E-state index in [1.807, 2.05) is 30.7 Å². The molecule has 2 rings (SSSR count). The van der Waals surface area contributed by atoms with Crippen LogP contribution < -0.4 is 11.1 Å². The topological polar surface area (TPSA) is 72.9 Å². The van der Waals surface area contributed by atoms with Gasteiger partial charge in [-0.05, 0) is 30.7 Å². The molecule has 0 aliphatic carbocycles. The monoisotopic (exact) mass is 258 g/mol. The Hall–Kier alpha value is -2.14. The SMILES string of the molecule is NC(=O)c1cccc(CNCCCn2ccnc2)c1. The molecular formula is C14H18N4O. The van der Waals surface area contributed by atoms with E-state index in [1.165, 1.54) is 0 Å². The molecule has 0 spiro atoms. The van der Waals surface area contributed by atoms with Gasteiger partial charge in [-0.25, -0.2) is 4.98 Å². The smallest absolute Gasteiger partial charge is 0.248 e. The lowest BCUT2D eigenvalue weighted by Crippen LogP contribution is -2.17. The van der Waals surface area contributed by atoms with E-state index in [-0.39, 0.29) is 5.91 Å². The van der Waals surface area contributed by atoms with E-state index in [4.69, 9.17) is 5.73 Å². The number of carbonyl (C=O) groups excluding carboxylic acids is 1. The molecule has 0 saturated carbocycles. The number of nitrogens with one attached hydrogen (secondary N) is 1. The summed E-state index contributed by atoms with van der Waals surface area (Å²) in [7, 11) is 0. The van der Waals surface area contributed by atoms with Crippen LogP contribution >= 0.6 is 0 Å². The van der Waals surface area contributed by atoms with Gasteiger partial charge in [0, 0.05) is 31.0 Å². The van der Waals surface area contributed by atoms with Crippen molar-refractivity contribution in [2.75, 3.05) is 6.54 Å². The van der Waals surface area contributed by atoms with Gasteiger partial charge in [0.25, 0.3) is 0 Å². The van der Waals surface area contributed by atoms with Crippen molar-refractivity contribution in [3.8, 4) is 0 Å². The Morgan fingerprint density at radius 3 is 3.05 bits per heavy atom. The van der Waals surface area contributed by atoms with Crippen LogP contribution in [-0.2, 0) is 13.1 Å². The highest BCUT2D eigenvalue weighted by molar-refractivity contribution is 5.92. The number of benzene rings is 1. The van der Waals surface area contributed by atoms with Crippen molar-refractivity contribution >= 4 is 5.91 Å². The number of rotatable bonds is 7. The minimum absolute atomic E-state index is 0.387. The Kier molecular flexibility index (Phi) is 4.69. The number of hydrogen-bond donors (Lipinski definition) is 2. The molecular weight excluding hydrogens is 240 g/mol. The molecule has 1 heterocycles. The van der Waals surface area contributed by atoms with Gasteiger partial charge in [0.15, 0.2) is 0 Å². The maximum Gasteiger partial charge on any atom is 0.248 e. The molecule has 0 atom stereocenters. The van der Waals surface area contributed by atoms with Crippen molar-refractivity contribution < 1.29 is 4.79 Å². The van der Waals surface area contributed by atoms with Gasteiger partial charge in [-0.15, -0.1) is 0 Å². The van der Waals surface area contributed by atoms with Crippen LogP contribution in [0.5, 0.6) is 0 Å². The molecule has 0 radical (unpaired) electrons. The van der Waals surface area contributed by atoms with E-state index < -0.39 is 0 Å². The number of hydrogen-bond acceptors (Lipinski definition) is 3. The molecule has 19 heavy (non-hydrogen) atoms. The summed E-state index contributed by atoms with van der Waals surface area (Å²) in [4.78, 5) is 15.0. The normalized spacial score (nSPS) is 10.5. The van der Waals surface area contributed by atoms with Crippen LogP contribution in [0.3, 0.4) is 0 Å². The number of aryl methyl sites for hydroxylation is 1. The standard InChI is InChI=1S/C14H18N4O/c15-14(19)13-4-1-3-12(9-13)10-16-5-2-7-18-8-6-17-11-18/h1,3-4,6,8-9,11,16H,2,5,7,10H2,(H2,15,19). The second kappa shape index (κ2) is 6.70. The first-order chi connectivity index (χ1) is 9.25. The van der Waals surface area contributed by atoms with Gasteiger partial charge >= 0.3 is 0 Å². The molecule has 1 aromatic carbocycles. The molecule has 0 bridgehead atoms. The summed E-state index contributed by atoms with van der Waals surface area (Å²) in [6, 6.07) is 7.38. The quantitative estimate of drug-likeness (QED) is 0.732. The van der Waals surface area contributed by atoms with Gasteiger partial charge in [0.2, 0.25) is 5.91 Å². The summed E-state index contributed by atoms with van der Waals surface area (Å²) in [5.74, 6) is -0.387. The van der Waals surface area contributed by atoms with Crippen molar-refractivity contribution in [3.05, 3.63) is 54.1 Å². The zero-order valence-electron chi connectivity index (χ0n) is 10.7. The van der Waals surface area contributed by atoms with Gasteiger partial charge in [0.1, 0.15) is 0 Å². The van der Waals surface area contributed by atoms with Gasteiger partial charge in [-0.3, -0.25) is 4.79 Å². The lowest BCUT2D eigenvalue weighted by atomic mass is 10.1. The third-order valence-electron chi connectivity index (χ3n) is 2.87. The van der Waals surface area contributed by atoms with E-state index in [9.17, 15) is 4.79 Å². The minimum Gasteiger partial charge on any atom is -0.366 e. The fourth-order valence-corrected chi connectivity index (χ4v) is 1.87. The molecule has 0 unspecified atom stereocenters. The first kappa shape index (κ1) is 13.3. The van der Waals surface area contributed by atoms with Gasteiger partial charge in [-0.1, -0.05) is 12.1 Å². The van der Waals surface area contributed by atoms with E-state index in [1.54, 1.807) is 12.3 Å². The minimum atomic E-state index is -0.387. The second-order valence-corrected chi connectivity index (χ2v) is 4.40. The molecule has 1 aromatic heterocycles. The van der Waals surface area contributed by atoms with E-state index >= 15 is 0 Å². The Bertz CT molecular complexity index is 522. The molecule has 5 nitrogen and oxygen atoms in total.